The molecule has 4 nitrogen and oxygen atoms in total. The number of halogens is 3. The van der Waals surface area contributed by atoms with Gasteiger partial charge in [0.05, 0.1) is 20.1 Å². The van der Waals surface area contributed by atoms with Gasteiger partial charge in [-0.05, 0) is 79.8 Å². The molecular weight excluding hydrogens is 490 g/mol. The molecule has 1 N–H and O–H groups in total. The number of hydrogen-bond donors (Lipinski definition) is 1. The molecule has 3 rings (SSSR count). The van der Waals surface area contributed by atoms with E-state index in [9.17, 15) is 5.11 Å². The topological polar surface area (TPSA) is 49.2 Å². The van der Waals surface area contributed by atoms with Crippen molar-refractivity contribution in [3.8, 4) is 5.75 Å². The summed E-state index contributed by atoms with van der Waals surface area (Å²) >= 11 is 10.5. The van der Waals surface area contributed by atoms with Crippen molar-refractivity contribution >= 4 is 75.5 Å². The van der Waals surface area contributed by atoms with E-state index in [-0.39, 0.29) is 5.75 Å². The van der Waals surface area contributed by atoms with Gasteiger partial charge < -0.3 is 10.0 Å². The fraction of sp³-hybridized carbons (Fsp3) is 0.250. The average molecular weight is 504 g/mol. The lowest BCUT2D eigenvalue weighted by Crippen LogP contribution is -2.22. The van der Waals surface area contributed by atoms with Crippen molar-refractivity contribution in [1.82, 2.24) is 9.97 Å². The van der Waals surface area contributed by atoms with Gasteiger partial charge >= 0.3 is 0 Å². The number of nitrogens with zero attached hydrogens (tertiary/aromatic N) is 3. The maximum Gasteiger partial charge on any atom is 0.157 e. The minimum Gasteiger partial charge on any atom is -0.504 e. The van der Waals surface area contributed by atoms with Gasteiger partial charge in [0.15, 0.2) is 5.75 Å². The molecule has 0 radical (unpaired) electrons. The third-order valence-corrected chi connectivity index (χ3v) is 5.78. The molecule has 0 atom stereocenters. The molecule has 0 fully saturated rings. The number of phenols is 1. The minimum atomic E-state index is 0.0986. The van der Waals surface area contributed by atoms with Crippen LogP contribution in [0.5, 0.6) is 5.75 Å². The van der Waals surface area contributed by atoms with E-state index in [1.165, 1.54) is 0 Å². The smallest absolute Gasteiger partial charge is 0.157 e. The average Bonchev–Trinajstić information content (AvgIpc) is 2.55. The number of aromatic nitrogens is 2. The molecule has 1 aromatic heterocycles. The quantitative estimate of drug-likeness (QED) is 0.471. The molecule has 3 aromatic rings. The van der Waals surface area contributed by atoms with Gasteiger partial charge in [-0.2, -0.15) is 0 Å². The second-order valence-corrected chi connectivity index (χ2v) is 7.55. The van der Waals surface area contributed by atoms with E-state index in [2.05, 4.69) is 71.5 Å². The zero-order valence-corrected chi connectivity index (χ0v) is 17.3. The molecule has 0 saturated heterocycles. The van der Waals surface area contributed by atoms with Gasteiger partial charge in [-0.3, -0.25) is 0 Å². The third kappa shape index (κ3) is 2.83. The summed E-state index contributed by atoms with van der Waals surface area (Å²) in [6.45, 7) is 6.08. The normalized spacial score (nSPS) is 11.3. The molecule has 1 heterocycles. The van der Waals surface area contributed by atoms with E-state index in [1.807, 2.05) is 12.1 Å². The zero-order chi connectivity index (χ0) is 16.7. The van der Waals surface area contributed by atoms with Crippen LogP contribution in [0.15, 0.2) is 31.6 Å². The maximum atomic E-state index is 10.2. The molecule has 0 aliphatic heterocycles. The summed E-state index contributed by atoms with van der Waals surface area (Å²) in [5.41, 5.74) is 3.72. The van der Waals surface area contributed by atoms with E-state index in [0.717, 1.165) is 38.8 Å². The number of anilines is 1. The van der Waals surface area contributed by atoms with Crippen molar-refractivity contribution in [3.63, 3.8) is 0 Å². The predicted octanol–water partition coefficient (Wildman–Crippen LogP) is 5.62. The Morgan fingerprint density at radius 2 is 1.65 bits per heavy atom. The number of rotatable bonds is 3. The molecule has 23 heavy (non-hydrogen) atoms. The van der Waals surface area contributed by atoms with Crippen LogP contribution in [-0.2, 0) is 0 Å². The number of phenolic OH excluding ortho intramolecular Hbond substituents is 1. The molecule has 120 valence electrons. The van der Waals surface area contributed by atoms with Crippen LogP contribution >= 0.6 is 47.8 Å². The second kappa shape index (κ2) is 6.53. The molecule has 0 aliphatic rings. The standard InChI is InChI=1S/C16H14Br3N3O/c1-3-22(4-2)11-6-5-10-14(12(11)19)21-13-8(17)7-9(18)16(23)15(13)20-10/h5-7,23H,3-4H2,1-2H3. The summed E-state index contributed by atoms with van der Waals surface area (Å²) in [5, 5.41) is 10.2. The van der Waals surface area contributed by atoms with Crippen molar-refractivity contribution in [1.29, 1.82) is 0 Å². The molecular formula is C16H14Br3N3O. The van der Waals surface area contributed by atoms with Gasteiger partial charge in [-0.1, -0.05) is 0 Å². The van der Waals surface area contributed by atoms with Gasteiger partial charge in [-0.25, -0.2) is 9.97 Å². The van der Waals surface area contributed by atoms with E-state index >= 15 is 0 Å². The fourth-order valence-electron chi connectivity index (χ4n) is 2.58. The van der Waals surface area contributed by atoms with Crippen LogP contribution < -0.4 is 4.90 Å². The first-order valence-corrected chi connectivity index (χ1v) is 9.57. The molecule has 0 aliphatic carbocycles. The van der Waals surface area contributed by atoms with Crippen LogP contribution in [0.3, 0.4) is 0 Å². The van der Waals surface area contributed by atoms with Gasteiger partial charge in [-0.15, -0.1) is 0 Å². The second-order valence-electron chi connectivity index (χ2n) is 5.05. The number of aromatic hydroxyl groups is 1. The highest BCUT2D eigenvalue weighted by atomic mass is 79.9. The maximum absolute atomic E-state index is 10.2. The van der Waals surface area contributed by atoms with Crippen molar-refractivity contribution in [2.24, 2.45) is 0 Å². The van der Waals surface area contributed by atoms with Gasteiger partial charge in [0.2, 0.25) is 0 Å². The highest BCUT2D eigenvalue weighted by Gasteiger charge is 2.16. The van der Waals surface area contributed by atoms with Crippen LogP contribution in [0.25, 0.3) is 22.1 Å². The highest BCUT2D eigenvalue weighted by Crippen LogP contribution is 2.39. The first-order valence-electron chi connectivity index (χ1n) is 7.19. The summed E-state index contributed by atoms with van der Waals surface area (Å²) in [5.74, 6) is 0.0986. The Kier molecular flexibility index (Phi) is 4.80. The SMILES string of the molecule is CCN(CC)c1ccc2nc3c(O)c(Br)cc(Br)c3nc2c1Br. The first-order chi connectivity index (χ1) is 11.0. The van der Waals surface area contributed by atoms with Crippen molar-refractivity contribution in [2.45, 2.75) is 13.8 Å². The summed E-state index contributed by atoms with van der Waals surface area (Å²) < 4.78 is 2.29. The Hall–Kier alpha value is -0.920. The van der Waals surface area contributed by atoms with Crippen molar-refractivity contribution in [3.05, 3.63) is 31.6 Å². The summed E-state index contributed by atoms with van der Waals surface area (Å²) in [4.78, 5) is 11.6. The van der Waals surface area contributed by atoms with E-state index in [4.69, 9.17) is 4.98 Å². The van der Waals surface area contributed by atoms with E-state index < -0.39 is 0 Å². The Balaban J connectivity index is 2.36. The molecule has 0 saturated carbocycles. The summed E-state index contributed by atoms with van der Waals surface area (Å²) in [7, 11) is 0. The molecule has 0 amide bonds. The van der Waals surface area contributed by atoms with Crippen molar-refractivity contribution in [2.75, 3.05) is 18.0 Å². The van der Waals surface area contributed by atoms with Gasteiger partial charge in [0, 0.05) is 17.6 Å². The fourth-order valence-corrected chi connectivity index (χ4v) is 4.48. The molecule has 7 heteroatoms. The highest BCUT2D eigenvalue weighted by molar-refractivity contribution is 9.11. The Morgan fingerprint density at radius 3 is 2.30 bits per heavy atom. The lowest BCUT2D eigenvalue weighted by atomic mass is 10.2. The van der Waals surface area contributed by atoms with Crippen LogP contribution in [0.1, 0.15) is 13.8 Å². The van der Waals surface area contributed by atoms with E-state index in [0.29, 0.717) is 15.5 Å². The number of fused-ring (bicyclic) bond motifs is 2. The third-order valence-electron chi connectivity index (χ3n) is 3.79. The molecule has 0 bridgehead atoms. The Labute approximate surface area is 159 Å². The van der Waals surface area contributed by atoms with Crippen LogP contribution in [0.2, 0.25) is 0 Å². The summed E-state index contributed by atoms with van der Waals surface area (Å²) in [6, 6.07) is 5.75. The number of benzene rings is 2. The summed E-state index contributed by atoms with van der Waals surface area (Å²) in [6.07, 6.45) is 0. The molecule has 2 aromatic carbocycles. The lowest BCUT2D eigenvalue weighted by molar-refractivity contribution is 0.477. The molecule has 0 unspecified atom stereocenters. The minimum absolute atomic E-state index is 0.0986. The van der Waals surface area contributed by atoms with E-state index in [1.54, 1.807) is 6.07 Å². The molecule has 0 spiro atoms. The largest absolute Gasteiger partial charge is 0.504 e. The van der Waals surface area contributed by atoms with Gasteiger partial charge in [0.1, 0.15) is 16.6 Å². The predicted molar refractivity (Wildman–Crippen MR) is 105 cm³/mol. The van der Waals surface area contributed by atoms with Gasteiger partial charge in [0.25, 0.3) is 0 Å². The first kappa shape index (κ1) is 16.9. The Bertz CT molecular complexity index is 910. The monoisotopic (exact) mass is 501 g/mol. The lowest BCUT2D eigenvalue weighted by Gasteiger charge is -2.23. The van der Waals surface area contributed by atoms with Crippen LogP contribution in [-0.4, -0.2) is 28.2 Å². The number of hydrogen-bond acceptors (Lipinski definition) is 4. The Morgan fingerprint density at radius 1 is 0.957 bits per heavy atom. The van der Waals surface area contributed by atoms with Crippen LogP contribution in [0.4, 0.5) is 5.69 Å². The van der Waals surface area contributed by atoms with Crippen molar-refractivity contribution < 1.29 is 5.11 Å². The van der Waals surface area contributed by atoms with Crippen LogP contribution in [0, 0.1) is 0 Å². The zero-order valence-electron chi connectivity index (χ0n) is 12.6.